The molecule has 0 saturated carbocycles. The Morgan fingerprint density at radius 1 is 0.300 bits per heavy atom. The van der Waals surface area contributed by atoms with Crippen molar-refractivity contribution in [3.8, 4) is 45.3 Å². The maximum Gasteiger partial charge on any atom is 0.235 e. The summed E-state index contributed by atoms with van der Waals surface area (Å²) in [6.45, 7) is 0. The zero-order valence-corrected chi connectivity index (χ0v) is 27.1. The lowest BCUT2D eigenvalue weighted by atomic mass is 10.0. The highest BCUT2D eigenvalue weighted by Crippen LogP contribution is 2.37. The third kappa shape index (κ3) is 4.54. The van der Waals surface area contributed by atoms with Crippen LogP contribution in [-0.4, -0.2) is 19.1 Å². The van der Waals surface area contributed by atoms with Gasteiger partial charge in [-0.1, -0.05) is 133 Å². The van der Waals surface area contributed by atoms with E-state index >= 15 is 0 Å². The van der Waals surface area contributed by atoms with Crippen LogP contribution in [0.4, 0.5) is 0 Å². The maximum absolute atomic E-state index is 5.31. The fraction of sp³-hybridized carbons (Fsp3) is 0. The molecule has 0 aliphatic heterocycles. The summed E-state index contributed by atoms with van der Waals surface area (Å²) in [5.41, 5.74) is 11.8. The fourth-order valence-electron chi connectivity index (χ4n) is 7.44. The van der Waals surface area contributed by atoms with Gasteiger partial charge in [-0.3, -0.25) is 4.57 Å². The third-order valence-corrected chi connectivity index (χ3v) is 9.74. The van der Waals surface area contributed by atoms with Crippen LogP contribution in [0.1, 0.15) is 0 Å². The second-order valence-electron chi connectivity index (χ2n) is 12.7. The highest BCUT2D eigenvalue weighted by atomic mass is 15.2. The van der Waals surface area contributed by atoms with E-state index in [1.165, 1.54) is 27.4 Å². The fourth-order valence-corrected chi connectivity index (χ4v) is 7.44. The molecule has 234 valence electrons. The molecule has 0 spiro atoms. The summed E-state index contributed by atoms with van der Waals surface area (Å²) < 4.78 is 4.60. The van der Waals surface area contributed by atoms with Crippen molar-refractivity contribution in [3.63, 3.8) is 0 Å². The highest BCUT2D eigenvalue weighted by molar-refractivity contribution is 6.12. The number of aromatic nitrogens is 4. The Labute approximate surface area is 289 Å². The van der Waals surface area contributed by atoms with Crippen molar-refractivity contribution < 1.29 is 0 Å². The molecular weight excluding hydrogens is 609 g/mol. The van der Waals surface area contributed by atoms with Gasteiger partial charge in [-0.15, -0.1) is 0 Å². The van der Waals surface area contributed by atoms with Gasteiger partial charge in [0.05, 0.1) is 33.5 Å². The normalized spacial score (nSPS) is 11.6. The first-order valence-electron chi connectivity index (χ1n) is 16.9. The highest BCUT2D eigenvalue weighted by Gasteiger charge is 2.19. The molecule has 10 aromatic rings. The van der Waals surface area contributed by atoms with Gasteiger partial charge >= 0.3 is 0 Å². The molecule has 0 aliphatic rings. The first kappa shape index (κ1) is 28.3. The average Bonchev–Trinajstić information content (AvgIpc) is 3.71. The van der Waals surface area contributed by atoms with Gasteiger partial charge in [-0.2, -0.15) is 0 Å². The van der Waals surface area contributed by atoms with Crippen molar-refractivity contribution in [2.45, 2.75) is 0 Å². The number of benzene rings is 7. The van der Waals surface area contributed by atoms with Crippen LogP contribution in [0.3, 0.4) is 0 Å². The van der Waals surface area contributed by atoms with Crippen LogP contribution < -0.4 is 0 Å². The molecule has 0 bridgehead atoms. The molecule has 3 aromatic heterocycles. The zero-order chi connectivity index (χ0) is 33.0. The summed E-state index contributed by atoms with van der Waals surface area (Å²) in [5.74, 6) is 0.641. The van der Waals surface area contributed by atoms with Crippen LogP contribution in [-0.2, 0) is 0 Å². The molecule has 0 amide bonds. The molecule has 0 saturated heterocycles. The number of nitrogens with zero attached hydrogens (tertiary/aromatic N) is 4. The Kier molecular flexibility index (Phi) is 6.46. The summed E-state index contributed by atoms with van der Waals surface area (Å²) in [6, 6.07) is 64.3. The van der Waals surface area contributed by atoms with Crippen molar-refractivity contribution in [2.75, 3.05) is 0 Å². The first-order valence-corrected chi connectivity index (χ1v) is 16.9. The van der Waals surface area contributed by atoms with E-state index in [9.17, 15) is 0 Å². The Morgan fingerprint density at radius 3 is 1.44 bits per heavy atom. The number of hydrogen-bond acceptors (Lipinski definition) is 2. The summed E-state index contributed by atoms with van der Waals surface area (Å²) in [4.78, 5) is 10.6. The molecule has 0 fully saturated rings. The summed E-state index contributed by atoms with van der Waals surface area (Å²) >= 11 is 0. The molecule has 0 aliphatic carbocycles. The lowest BCUT2D eigenvalue weighted by Crippen LogP contribution is -2.04. The SMILES string of the molecule is c1ccc(-c2cccc(-c3cc(-c4ccccc4)nc(-n4c5ccccc5c5cc(-n6c7ccccc7c7ccccc76)ccc54)n3)c2)cc1. The van der Waals surface area contributed by atoms with Gasteiger partial charge in [-0.05, 0) is 59.7 Å². The molecule has 3 heterocycles. The van der Waals surface area contributed by atoms with E-state index < -0.39 is 0 Å². The molecule has 0 atom stereocenters. The molecule has 4 heteroatoms. The molecule has 0 N–H and O–H groups in total. The predicted octanol–water partition coefficient (Wildman–Crippen LogP) is 11.7. The van der Waals surface area contributed by atoms with Gasteiger partial charge in [0.1, 0.15) is 0 Å². The second kappa shape index (κ2) is 11.4. The van der Waals surface area contributed by atoms with E-state index in [0.717, 1.165) is 55.6 Å². The van der Waals surface area contributed by atoms with E-state index in [4.69, 9.17) is 9.97 Å². The van der Waals surface area contributed by atoms with Gasteiger partial charge in [0.25, 0.3) is 0 Å². The molecular formula is C46H30N4. The van der Waals surface area contributed by atoms with Crippen LogP contribution in [0.15, 0.2) is 182 Å². The molecule has 4 nitrogen and oxygen atoms in total. The molecule has 7 aromatic carbocycles. The van der Waals surface area contributed by atoms with Gasteiger partial charge < -0.3 is 4.57 Å². The summed E-state index contributed by atoms with van der Waals surface area (Å²) in [7, 11) is 0. The van der Waals surface area contributed by atoms with E-state index in [1.54, 1.807) is 0 Å². The van der Waals surface area contributed by atoms with Crippen molar-refractivity contribution in [2.24, 2.45) is 0 Å². The topological polar surface area (TPSA) is 35.6 Å². The Balaban J connectivity index is 1.21. The van der Waals surface area contributed by atoms with E-state index in [-0.39, 0.29) is 0 Å². The summed E-state index contributed by atoms with van der Waals surface area (Å²) in [6.07, 6.45) is 0. The van der Waals surface area contributed by atoms with Crippen molar-refractivity contribution in [3.05, 3.63) is 182 Å². The monoisotopic (exact) mass is 638 g/mol. The Morgan fingerprint density at radius 2 is 0.780 bits per heavy atom. The van der Waals surface area contributed by atoms with Crippen LogP contribution in [0.5, 0.6) is 0 Å². The standard InChI is InChI=1S/C46H30N4/c1-3-14-31(15-4-1)33-18-13-19-34(28-33)41-30-40(32-16-5-2-6-17-32)47-46(48-41)50-44-25-12-9-22-38(44)39-29-35(26-27-45(39)50)49-42-23-10-7-20-36(42)37-21-8-11-24-43(37)49/h1-30H. The van der Waals surface area contributed by atoms with Gasteiger partial charge in [0, 0.05) is 38.4 Å². The second-order valence-corrected chi connectivity index (χ2v) is 12.7. The summed E-state index contributed by atoms with van der Waals surface area (Å²) in [5, 5.41) is 4.81. The van der Waals surface area contributed by atoms with E-state index in [0.29, 0.717) is 5.95 Å². The van der Waals surface area contributed by atoms with Crippen molar-refractivity contribution >= 4 is 43.6 Å². The maximum atomic E-state index is 5.31. The lowest BCUT2D eigenvalue weighted by Gasteiger charge is -2.13. The third-order valence-electron chi connectivity index (χ3n) is 9.74. The van der Waals surface area contributed by atoms with Gasteiger partial charge in [0.15, 0.2) is 0 Å². The molecule has 0 radical (unpaired) electrons. The molecule has 10 rings (SSSR count). The Hall–Kier alpha value is -6.78. The van der Waals surface area contributed by atoms with Crippen molar-refractivity contribution in [1.29, 1.82) is 0 Å². The number of fused-ring (bicyclic) bond motifs is 6. The minimum absolute atomic E-state index is 0.641. The van der Waals surface area contributed by atoms with E-state index in [1.807, 2.05) is 12.1 Å². The smallest absolute Gasteiger partial charge is 0.235 e. The quantitative estimate of drug-likeness (QED) is 0.188. The minimum atomic E-state index is 0.641. The Bertz CT molecular complexity index is 2810. The van der Waals surface area contributed by atoms with Crippen LogP contribution >= 0.6 is 0 Å². The van der Waals surface area contributed by atoms with Crippen molar-refractivity contribution in [1.82, 2.24) is 19.1 Å². The van der Waals surface area contributed by atoms with Crippen LogP contribution in [0.25, 0.3) is 88.9 Å². The lowest BCUT2D eigenvalue weighted by molar-refractivity contribution is 0.995. The number of para-hydroxylation sites is 3. The van der Waals surface area contributed by atoms with Gasteiger partial charge in [0.2, 0.25) is 5.95 Å². The van der Waals surface area contributed by atoms with E-state index in [2.05, 4.69) is 179 Å². The zero-order valence-electron chi connectivity index (χ0n) is 27.1. The minimum Gasteiger partial charge on any atom is -0.309 e. The number of rotatable bonds is 5. The largest absolute Gasteiger partial charge is 0.309 e. The molecule has 50 heavy (non-hydrogen) atoms. The predicted molar refractivity (Wildman–Crippen MR) is 207 cm³/mol. The molecule has 0 unspecified atom stereocenters. The van der Waals surface area contributed by atoms with Crippen LogP contribution in [0, 0.1) is 0 Å². The number of hydrogen-bond donors (Lipinski definition) is 0. The van der Waals surface area contributed by atoms with Gasteiger partial charge in [-0.25, -0.2) is 9.97 Å². The average molecular weight is 639 g/mol. The van der Waals surface area contributed by atoms with Crippen LogP contribution in [0.2, 0.25) is 0 Å². The first-order chi connectivity index (χ1) is 24.8.